The number of nitrogens with one attached hydrogen (secondary N) is 1. The number of carbonyl (C=O) groups is 1. The molecule has 0 amide bonds. The van der Waals surface area contributed by atoms with E-state index >= 15 is 0 Å². The molecule has 1 N–H and O–H groups in total. The molecule has 27 heavy (non-hydrogen) atoms. The molecule has 0 aliphatic carbocycles. The van der Waals surface area contributed by atoms with Gasteiger partial charge in [-0.3, -0.25) is 4.98 Å². The molecule has 0 saturated heterocycles. The Morgan fingerprint density at radius 3 is 2.48 bits per heavy atom. The number of carbonyl (C=O) groups excluding carboxylic acids is 1. The van der Waals surface area contributed by atoms with E-state index in [0.717, 1.165) is 27.8 Å². The second-order valence-corrected chi connectivity index (χ2v) is 6.67. The Bertz CT molecular complexity index is 1170. The van der Waals surface area contributed by atoms with Crippen molar-refractivity contribution in [3.05, 3.63) is 82.8 Å². The Morgan fingerprint density at radius 1 is 0.926 bits per heavy atom. The molecule has 0 spiro atoms. The summed E-state index contributed by atoms with van der Waals surface area (Å²) in [6.07, 6.45) is 1.17. The van der Waals surface area contributed by atoms with Crippen LogP contribution in [0.1, 0.15) is 18.9 Å². The van der Waals surface area contributed by atoms with Gasteiger partial charge in [0.1, 0.15) is 5.78 Å². The number of aromatic amines is 1. The van der Waals surface area contributed by atoms with Crippen molar-refractivity contribution in [3.8, 4) is 22.3 Å². The van der Waals surface area contributed by atoms with Gasteiger partial charge in [-0.25, -0.2) is 4.79 Å². The van der Waals surface area contributed by atoms with E-state index in [2.05, 4.69) is 35.3 Å². The van der Waals surface area contributed by atoms with Crippen LogP contribution in [0, 0.1) is 0 Å². The molecule has 0 radical (unpaired) electrons. The second kappa shape index (κ2) is 7.08. The molecule has 134 valence electrons. The molecule has 4 heteroatoms. The molecule has 0 fully saturated rings. The van der Waals surface area contributed by atoms with Crippen LogP contribution in [0.25, 0.3) is 33.4 Å². The zero-order valence-electron chi connectivity index (χ0n) is 15.0. The van der Waals surface area contributed by atoms with Gasteiger partial charge >= 0.3 is 5.76 Å². The van der Waals surface area contributed by atoms with Gasteiger partial charge in [0.05, 0.1) is 5.52 Å². The van der Waals surface area contributed by atoms with Gasteiger partial charge in [-0.1, -0.05) is 54.6 Å². The third kappa shape index (κ3) is 3.60. The monoisotopic (exact) mass is 357 g/mol. The summed E-state index contributed by atoms with van der Waals surface area (Å²) in [6.45, 7) is 1.61. The topological polar surface area (TPSA) is 63.1 Å². The molecule has 0 atom stereocenters. The van der Waals surface area contributed by atoms with E-state index in [4.69, 9.17) is 4.42 Å². The lowest BCUT2D eigenvalue weighted by Crippen LogP contribution is -1.97. The molecule has 0 unspecified atom stereocenters. The number of hydrogen-bond donors (Lipinski definition) is 1. The maximum absolute atomic E-state index is 11.5. The number of ketones is 1. The highest BCUT2D eigenvalue weighted by Gasteiger charge is 2.11. The summed E-state index contributed by atoms with van der Waals surface area (Å²) in [4.78, 5) is 25.7. The molecule has 4 aromatic rings. The van der Waals surface area contributed by atoms with E-state index < -0.39 is 5.76 Å². The SMILES string of the molecule is CC(=O)CCc1cc(-c2ccccc2)ccc1-c1ccc2oc(=O)[nH]c2c1. The van der Waals surface area contributed by atoms with Gasteiger partial charge in [0.25, 0.3) is 0 Å². The zero-order valence-corrected chi connectivity index (χ0v) is 15.0. The molecule has 0 bridgehead atoms. The van der Waals surface area contributed by atoms with Crippen molar-refractivity contribution in [3.63, 3.8) is 0 Å². The van der Waals surface area contributed by atoms with Gasteiger partial charge in [-0.05, 0) is 53.3 Å². The Hall–Kier alpha value is -3.40. The lowest BCUT2D eigenvalue weighted by atomic mass is 9.92. The van der Waals surface area contributed by atoms with Crippen LogP contribution in [-0.4, -0.2) is 10.8 Å². The van der Waals surface area contributed by atoms with Crippen LogP contribution >= 0.6 is 0 Å². The average molecular weight is 357 g/mol. The van der Waals surface area contributed by atoms with Crippen LogP contribution < -0.4 is 5.76 Å². The van der Waals surface area contributed by atoms with Crippen LogP contribution in [0.3, 0.4) is 0 Å². The Morgan fingerprint density at radius 2 is 1.70 bits per heavy atom. The van der Waals surface area contributed by atoms with Crippen molar-refractivity contribution in [2.24, 2.45) is 0 Å². The smallest absolute Gasteiger partial charge is 0.408 e. The van der Waals surface area contributed by atoms with Crippen molar-refractivity contribution < 1.29 is 9.21 Å². The summed E-state index contributed by atoms with van der Waals surface area (Å²) < 4.78 is 5.09. The van der Waals surface area contributed by atoms with Crippen LogP contribution in [0.2, 0.25) is 0 Å². The highest BCUT2D eigenvalue weighted by Crippen LogP contribution is 2.31. The minimum absolute atomic E-state index is 0.167. The maximum atomic E-state index is 11.5. The van der Waals surface area contributed by atoms with E-state index in [9.17, 15) is 9.59 Å². The minimum Gasteiger partial charge on any atom is -0.408 e. The molecule has 4 nitrogen and oxygen atoms in total. The molecule has 3 aromatic carbocycles. The first-order chi connectivity index (χ1) is 13.1. The summed E-state index contributed by atoms with van der Waals surface area (Å²) in [5.74, 6) is -0.293. The molecular formula is C23H19NO3. The molecule has 0 saturated carbocycles. The third-order valence-corrected chi connectivity index (χ3v) is 4.69. The van der Waals surface area contributed by atoms with Crippen molar-refractivity contribution in [2.45, 2.75) is 19.8 Å². The van der Waals surface area contributed by atoms with Crippen LogP contribution in [0.15, 0.2) is 75.9 Å². The molecule has 1 heterocycles. The van der Waals surface area contributed by atoms with Gasteiger partial charge in [-0.15, -0.1) is 0 Å². The lowest BCUT2D eigenvalue weighted by Gasteiger charge is -2.12. The van der Waals surface area contributed by atoms with Crippen molar-refractivity contribution in [1.82, 2.24) is 4.98 Å². The van der Waals surface area contributed by atoms with Gasteiger partial charge in [0.15, 0.2) is 5.58 Å². The Labute approximate surface area is 156 Å². The molecule has 0 aliphatic heterocycles. The first-order valence-corrected chi connectivity index (χ1v) is 8.91. The predicted octanol–water partition coefficient (Wildman–Crippen LogP) is 4.98. The van der Waals surface area contributed by atoms with E-state index in [-0.39, 0.29) is 5.78 Å². The number of hydrogen-bond acceptors (Lipinski definition) is 3. The molecular weight excluding hydrogens is 338 g/mol. The summed E-state index contributed by atoms with van der Waals surface area (Å²) in [5.41, 5.74) is 6.62. The first-order valence-electron chi connectivity index (χ1n) is 8.91. The van der Waals surface area contributed by atoms with Crippen molar-refractivity contribution in [1.29, 1.82) is 0 Å². The number of rotatable bonds is 5. The standard InChI is InChI=1S/C23H19NO3/c1-15(25)7-8-18-13-17(16-5-3-2-4-6-16)9-11-20(18)19-10-12-22-21(14-19)24-23(26)27-22/h2-6,9-14H,7-8H2,1H3,(H,24,26). The summed E-state index contributed by atoms with van der Waals surface area (Å²) in [7, 11) is 0. The predicted molar refractivity (Wildman–Crippen MR) is 107 cm³/mol. The summed E-state index contributed by atoms with van der Waals surface area (Å²) >= 11 is 0. The van der Waals surface area contributed by atoms with Crippen LogP contribution in [0.4, 0.5) is 0 Å². The number of fused-ring (bicyclic) bond motifs is 1. The van der Waals surface area contributed by atoms with E-state index in [0.29, 0.717) is 23.9 Å². The highest BCUT2D eigenvalue weighted by atomic mass is 16.4. The van der Waals surface area contributed by atoms with Crippen molar-refractivity contribution in [2.75, 3.05) is 0 Å². The van der Waals surface area contributed by atoms with Gasteiger partial charge in [-0.2, -0.15) is 0 Å². The normalized spacial score (nSPS) is 11.0. The van der Waals surface area contributed by atoms with E-state index in [1.54, 1.807) is 13.0 Å². The summed E-state index contributed by atoms with van der Waals surface area (Å²) in [5, 5.41) is 0. The van der Waals surface area contributed by atoms with E-state index in [1.165, 1.54) is 0 Å². The first kappa shape index (κ1) is 17.0. The molecule has 1 aromatic heterocycles. The molecule has 0 aliphatic rings. The Kier molecular flexibility index (Phi) is 4.47. The summed E-state index contributed by atoms with van der Waals surface area (Å²) in [6, 6.07) is 22.1. The number of aromatic nitrogens is 1. The van der Waals surface area contributed by atoms with Crippen LogP contribution in [0.5, 0.6) is 0 Å². The second-order valence-electron chi connectivity index (χ2n) is 6.67. The molecule has 4 rings (SSSR count). The largest absolute Gasteiger partial charge is 0.417 e. The number of oxazole rings is 1. The number of Topliss-reactive ketones (excluding diaryl/α,β-unsaturated/α-hetero) is 1. The van der Waals surface area contributed by atoms with Crippen LogP contribution in [-0.2, 0) is 11.2 Å². The zero-order chi connectivity index (χ0) is 18.8. The number of aryl methyl sites for hydroxylation is 1. The third-order valence-electron chi connectivity index (χ3n) is 4.69. The minimum atomic E-state index is -0.460. The average Bonchev–Trinajstić information content (AvgIpc) is 3.06. The van der Waals surface area contributed by atoms with E-state index in [1.807, 2.05) is 30.3 Å². The lowest BCUT2D eigenvalue weighted by molar-refractivity contribution is -0.116. The quantitative estimate of drug-likeness (QED) is 0.548. The number of benzene rings is 3. The highest BCUT2D eigenvalue weighted by molar-refractivity contribution is 5.83. The fourth-order valence-corrected chi connectivity index (χ4v) is 3.32. The van der Waals surface area contributed by atoms with Gasteiger partial charge in [0, 0.05) is 6.42 Å². The number of H-pyrrole nitrogens is 1. The van der Waals surface area contributed by atoms with Gasteiger partial charge < -0.3 is 9.21 Å². The Balaban J connectivity index is 1.81. The fraction of sp³-hybridized carbons (Fsp3) is 0.130. The van der Waals surface area contributed by atoms with Crippen molar-refractivity contribution >= 4 is 16.9 Å². The fourth-order valence-electron chi connectivity index (χ4n) is 3.32. The van der Waals surface area contributed by atoms with Gasteiger partial charge in [0.2, 0.25) is 0 Å². The maximum Gasteiger partial charge on any atom is 0.417 e.